The van der Waals surface area contributed by atoms with Gasteiger partial charge in [-0.1, -0.05) is 36.8 Å². The number of imidazole rings is 1. The van der Waals surface area contributed by atoms with Gasteiger partial charge < -0.3 is 25.5 Å². The lowest BCUT2D eigenvalue weighted by atomic mass is 10.0. The zero-order valence-corrected chi connectivity index (χ0v) is 21.1. The first-order chi connectivity index (χ1) is 18.7. The Morgan fingerprint density at radius 2 is 1.97 bits per heavy atom. The van der Waals surface area contributed by atoms with Crippen LogP contribution in [0, 0.1) is 0 Å². The first-order valence-electron chi connectivity index (χ1n) is 12.4. The molecule has 3 aromatic heterocycles. The smallest absolute Gasteiger partial charge is 0.490 e. The number of nitrogens with zero attached hydrogens (tertiary/aromatic N) is 5. The molecule has 5 rings (SSSR count). The molecule has 208 valence electrons. The van der Waals surface area contributed by atoms with E-state index in [4.69, 9.17) is 35.0 Å². The number of alkyl halides is 3. The topological polar surface area (TPSA) is 154 Å². The van der Waals surface area contributed by atoms with Crippen LogP contribution >= 0.6 is 0 Å². The van der Waals surface area contributed by atoms with E-state index in [1.807, 2.05) is 41.8 Å². The van der Waals surface area contributed by atoms with Crippen molar-refractivity contribution >= 4 is 22.8 Å². The number of carboxylic acids is 1. The number of halogens is 3. The number of rotatable bonds is 7. The second kappa shape index (κ2) is 12.1. The summed E-state index contributed by atoms with van der Waals surface area (Å²) in [5, 5.41) is 18.4. The van der Waals surface area contributed by atoms with Gasteiger partial charge >= 0.3 is 12.1 Å². The molecular formula is C25H28F3N7O4. The predicted molar refractivity (Wildman–Crippen MR) is 136 cm³/mol. The lowest BCUT2D eigenvalue weighted by Crippen LogP contribution is -2.35. The summed E-state index contributed by atoms with van der Waals surface area (Å²) in [5.74, 6) is -1.26. The zero-order valence-electron chi connectivity index (χ0n) is 21.1. The maximum absolute atomic E-state index is 10.6. The summed E-state index contributed by atoms with van der Waals surface area (Å²) in [7, 11) is 0. The molecule has 0 spiro atoms. The monoisotopic (exact) mass is 547 g/mol. The number of anilines is 1. The first kappa shape index (κ1) is 27.8. The van der Waals surface area contributed by atoms with E-state index in [0.717, 1.165) is 35.3 Å². The Bertz CT molecular complexity index is 1400. The third kappa shape index (κ3) is 6.45. The third-order valence-electron chi connectivity index (χ3n) is 6.20. The molecule has 1 aromatic carbocycles. The van der Waals surface area contributed by atoms with Crippen molar-refractivity contribution in [3.8, 4) is 28.5 Å². The average Bonchev–Trinajstić information content (AvgIpc) is 3.53. The van der Waals surface area contributed by atoms with E-state index < -0.39 is 12.1 Å². The Morgan fingerprint density at radius 1 is 1.23 bits per heavy atom. The van der Waals surface area contributed by atoms with Gasteiger partial charge in [0.05, 0.1) is 18.5 Å². The van der Waals surface area contributed by atoms with Gasteiger partial charge in [-0.3, -0.25) is 0 Å². The van der Waals surface area contributed by atoms with Gasteiger partial charge in [-0.05, 0) is 43.0 Å². The van der Waals surface area contributed by atoms with Crippen LogP contribution in [0.5, 0.6) is 5.75 Å². The number of nitrogens with two attached hydrogens (primary N) is 1. The number of carboxylic acid groups (broad SMARTS) is 1. The van der Waals surface area contributed by atoms with Crippen molar-refractivity contribution < 1.29 is 32.4 Å². The van der Waals surface area contributed by atoms with Crippen molar-refractivity contribution in [3.05, 3.63) is 36.5 Å². The van der Waals surface area contributed by atoms with Crippen LogP contribution in [0.3, 0.4) is 0 Å². The van der Waals surface area contributed by atoms with Gasteiger partial charge in [0.15, 0.2) is 23.1 Å². The third-order valence-corrected chi connectivity index (χ3v) is 6.20. The fourth-order valence-electron chi connectivity index (χ4n) is 4.35. The van der Waals surface area contributed by atoms with E-state index in [2.05, 4.69) is 15.6 Å². The number of nitrogens with one attached hydrogen (secondary N) is 1. The molecule has 0 aliphatic carbocycles. The summed E-state index contributed by atoms with van der Waals surface area (Å²) in [6.45, 7) is 4.39. The normalized spacial score (nSPS) is 15.5. The second-order valence-corrected chi connectivity index (χ2v) is 8.80. The molecule has 1 unspecified atom stereocenters. The minimum Gasteiger partial charge on any atom is -0.490 e. The lowest BCUT2D eigenvalue weighted by molar-refractivity contribution is -0.192. The van der Waals surface area contributed by atoms with Crippen molar-refractivity contribution in [2.45, 2.75) is 51.4 Å². The van der Waals surface area contributed by atoms with Crippen LogP contribution < -0.4 is 15.8 Å². The van der Waals surface area contributed by atoms with Gasteiger partial charge in [0, 0.05) is 18.2 Å². The maximum atomic E-state index is 10.6. The van der Waals surface area contributed by atoms with Crippen molar-refractivity contribution in [3.63, 3.8) is 0 Å². The molecule has 1 fully saturated rings. The van der Waals surface area contributed by atoms with E-state index in [0.29, 0.717) is 36.5 Å². The molecular weight excluding hydrogens is 519 g/mol. The highest BCUT2D eigenvalue weighted by Crippen LogP contribution is 2.36. The number of aryl methyl sites for hydroxylation is 1. The number of carbonyl (C=O) groups is 1. The van der Waals surface area contributed by atoms with Crippen LogP contribution in [0.2, 0.25) is 0 Å². The number of nitrogen functional groups attached to an aromatic ring is 1. The fourth-order valence-corrected chi connectivity index (χ4v) is 4.35. The van der Waals surface area contributed by atoms with Crippen LogP contribution in [0.25, 0.3) is 33.8 Å². The van der Waals surface area contributed by atoms with Crippen LogP contribution in [0.4, 0.5) is 19.0 Å². The Kier molecular flexibility index (Phi) is 8.64. The molecule has 0 radical (unpaired) electrons. The molecule has 11 nitrogen and oxygen atoms in total. The summed E-state index contributed by atoms with van der Waals surface area (Å²) in [6.07, 6.45) is 1.38. The molecule has 1 atom stereocenters. The summed E-state index contributed by atoms with van der Waals surface area (Å²) < 4.78 is 44.9. The van der Waals surface area contributed by atoms with Crippen LogP contribution in [0.1, 0.15) is 32.6 Å². The molecule has 0 bridgehead atoms. The van der Waals surface area contributed by atoms with Crippen molar-refractivity contribution in [1.82, 2.24) is 30.2 Å². The van der Waals surface area contributed by atoms with E-state index in [1.165, 1.54) is 19.3 Å². The standard InChI is InChI=1S/C23H27N7O2.C2HF3O2/c1-2-30-21-17(31-13-11-16-10-6-7-12-25-16)14-26-18(15-8-4-3-5-9-15)19(21)27-23(30)20-22(24)29-32-28-20;3-2(4,5)1(6)7/h3-5,8-9,14,16,25H,2,6-7,10-13H2,1H3,(H2,24,29);(H,6,7). The number of hydrogen-bond donors (Lipinski definition) is 3. The minimum absolute atomic E-state index is 0.204. The molecule has 4 aromatic rings. The van der Waals surface area contributed by atoms with Crippen molar-refractivity contribution in [2.24, 2.45) is 0 Å². The number of pyridine rings is 1. The highest BCUT2D eigenvalue weighted by molar-refractivity contribution is 5.95. The summed E-state index contributed by atoms with van der Waals surface area (Å²) in [4.78, 5) is 18.5. The van der Waals surface area contributed by atoms with E-state index in [1.54, 1.807) is 6.20 Å². The fraction of sp³-hybridized carbons (Fsp3) is 0.400. The summed E-state index contributed by atoms with van der Waals surface area (Å²) in [5.41, 5.74) is 9.78. The van der Waals surface area contributed by atoms with Crippen LogP contribution in [-0.2, 0) is 11.3 Å². The molecule has 1 aliphatic heterocycles. The quantitative estimate of drug-likeness (QED) is 0.305. The maximum Gasteiger partial charge on any atom is 0.490 e. The van der Waals surface area contributed by atoms with Gasteiger partial charge in [-0.15, -0.1) is 0 Å². The molecule has 0 amide bonds. The predicted octanol–water partition coefficient (Wildman–Crippen LogP) is 4.29. The molecule has 14 heteroatoms. The number of ether oxygens (including phenoxy) is 1. The number of aromatic nitrogens is 5. The van der Waals surface area contributed by atoms with E-state index in [-0.39, 0.29) is 5.82 Å². The molecule has 39 heavy (non-hydrogen) atoms. The lowest BCUT2D eigenvalue weighted by Gasteiger charge is -2.23. The van der Waals surface area contributed by atoms with Gasteiger partial charge in [-0.2, -0.15) is 13.2 Å². The Balaban J connectivity index is 0.000000448. The Labute approximate surface area is 221 Å². The number of fused-ring (bicyclic) bond motifs is 1. The van der Waals surface area contributed by atoms with Gasteiger partial charge in [0.25, 0.3) is 0 Å². The van der Waals surface area contributed by atoms with Gasteiger partial charge in [-0.25, -0.2) is 19.4 Å². The first-order valence-corrected chi connectivity index (χ1v) is 12.4. The van der Waals surface area contributed by atoms with E-state index >= 15 is 0 Å². The highest BCUT2D eigenvalue weighted by atomic mass is 19.4. The van der Waals surface area contributed by atoms with Gasteiger partial charge in [0.2, 0.25) is 0 Å². The zero-order chi connectivity index (χ0) is 28.0. The Hall–Kier alpha value is -4.20. The Morgan fingerprint density at radius 3 is 2.56 bits per heavy atom. The van der Waals surface area contributed by atoms with Crippen LogP contribution in [-0.4, -0.2) is 61.3 Å². The molecule has 0 saturated carbocycles. The summed E-state index contributed by atoms with van der Waals surface area (Å²) >= 11 is 0. The summed E-state index contributed by atoms with van der Waals surface area (Å²) in [6, 6.07) is 10.5. The molecule has 4 heterocycles. The number of piperidine rings is 1. The van der Waals surface area contributed by atoms with Crippen molar-refractivity contribution in [1.29, 1.82) is 0 Å². The number of aliphatic carboxylic acids is 1. The average molecular weight is 548 g/mol. The van der Waals surface area contributed by atoms with E-state index in [9.17, 15) is 13.2 Å². The largest absolute Gasteiger partial charge is 0.490 e. The number of hydrogen-bond acceptors (Lipinski definition) is 9. The minimum atomic E-state index is -5.08. The molecule has 1 saturated heterocycles. The SMILES string of the molecule is CCn1c(-c2nonc2N)nc2c(-c3ccccc3)ncc(OCCC3CCCCN3)c21.O=C(O)C(F)(F)F. The van der Waals surface area contributed by atoms with Crippen LogP contribution in [0.15, 0.2) is 41.2 Å². The highest BCUT2D eigenvalue weighted by Gasteiger charge is 2.38. The van der Waals surface area contributed by atoms with Gasteiger partial charge in [0.1, 0.15) is 11.0 Å². The second-order valence-electron chi connectivity index (χ2n) is 8.80. The molecule has 1 aliphatic rings. The molecule has 4 N–H and O–H groups in total. The number of benzene rings is 1. The van der Waals surface area contributed by atoms with Crippen molar-refractivity contribution in [2.75, 3.05) is 18.9 Å².